The summed E-state index contributed by atoms with van der Waals surface area (Å²) >= 11 is 1.43. The van der Waals surface area contributed by atoms with E-state index in [0.717, 1.165) is 21.9 Å². The van der Waals surface area contributed by atoms with Crippen LogP contribution in [-0.4, -0.2) is 68.9 Å². The molecular formula is C20H20N8O2S. The summed E-state index contributed by atoms with van der Waals surface area (Å²) in [5.74, 6) is 1.87. The largest absolute Gasteiger partial charge is 0.378 e. The minimum Gasteiger partial charge on any atom is -0.378 e. The molecule has 10 nitrogen and oxygen atoms in total. The van der Waals surface area contributed by atoms with Crippen LogP contribution in [0, 0.1) is 0 Å². The van der Waals surface area contributed by atoms with Crippen molar-refractivity contribution in [3.05, 3.63) is 47.5 Å². The molecule has 4 aromatic rings. The first-order chi connectivity index (χ1) is 15.3. The Labute approximate surface area is 181 Å². The van der Waals surface area contributed by atoms with E-state index < -0.39 is 0 Å². The van der Waals surface area contributed by atoms with Crippen LogP contribution < -0.4 is 10.2 Å². The van der Waals surface area contributed by atoms with Gasteiger partial charge in [0.05, 0.1) is 24.2 Å². The van der Waals surface area contributed by atoms with Gasteiger partial charge in [-0.1, -0.05) is 6.07 Å². The van der Waals surface area contributed by atoms with Crippen LogP contribution in [0.15, 0.2) is 36.1 Å². The number of carbonyl (C=O) groups excluding carboxylic acids is 1. The smallest absolute Gasteiger partial charge is 0.252 e. The van der Waals surface area contributed by atoms with Crippen molar-refractivity contribution in [2.45, 2.75) is 6.42 Å². The Morgan fingerprint density at radius 1 is 1.23 bits per heavy atom. The third kappa shape index (κ3) is 4.09. The number of thiophene rings is 1. The Hall–Kier alpha value is -3.44. The normalized spacial score (nSPS) is 14.1. The monoisotopic (exact) mass is 436 g/mol. The zero-order chi connectivity index (χ0) is 21.0. The van der Waals surface area contributed by atoms with Gasteiger partial charge < -0.3 is 15.0 Å². The second kappa shape index (κ2) is 8.74. The molecule has 0 aromatic carbocycles. The fourth-order valence-corrected chi connectivity index (χ4v) is 4.36. The van der Waals surface area contributed by atoms with E-state index in [4.69, 9.17) is 14.7 Å². The van der Waals surface area contributed by atoms with Crippen molar-refractivity contribution >= 4 is 33.3 Å². The van der Waals surface area contributed by atoms with E-state index >= 15 is 0 Å². The molecular weight excluding hydrogens is 416 g/mol. The zero-order valence-corrected chi connectivity index (χ0v) is 17.4. The highest BCUT2D eigenvalue weighted by molar-refractivity contribution is 7.17. The standard InChI is InChI=1S/C20H20N8O2S/c29-19(22-6-4-15-23-12-24-27-15)13-11-31-20-16(13)18(28-7-9-30-10-8-28)25-17(26-20)14-3-1-2-5-21-14/h1-3,5,11-12H,4,6-10H2,(H,22,29)(H,23,24,27). The van der Waals surface area contributed by atoms with Gasteiger partial charge in [0.25, 0.3) is 5.91 Å². The molecule has 4 aromatic heterocycles. The molecule has 31 heavy (non-hydrogen) atoms. The predicted molar refractivity (Wildman–Crippen MR) is 116 cm³/mol. The quantitative estimate of drug-likeness (QED) is 0.468. The number of ether oxygens (including phenoxy) is 1. The van der Waals surface area contributed by atoms with Gasteiger partial charge in [0.1, 0.15) is 28.5 Å². The molecule has 0 aliphatic carbocycles. The summed E-state index contributed by atoms with van der Waals surface area (Å²) in [6.45, 7) is 3.10. The van der Waals surface area contributed by atoms with E-state index in [-0.39, 0.29) is 5.91 Å². The van der Waals surface area contributed by atoms with Crippen LogP contribution in [0.1, 0.15) is 16.2 Å². The molecule has 0 saturated carbocycles. The van der Waals surface area contributed by atoms with Gasteiger partial charge in [0, 0.05) is 37.6 Å². The summed E-state index contributed by atoms with van der Waals surface area (Å²) in [5.41, 5.74) is 1.28. The Morgan fingerprint density at radius 3 is 2.90 bits per heavy atom. The lowest BCUT2D eigenvalue weighted by molar-refractivity contribution is 0.0956. The fourth-order valence-electron chi connectivity index (χ4n) is 3.45. The molecule has 1 saturated heterocycles. The van der Waals surface area contributed by atoms with Crippen LogP contribution in [0.4, 0.5) is 5.82 Å². The molecule has 0 radical (unpaired) electrons. The van der Waals surface area contributed by atoms with Crippen molar-refractivity contribution in [2.24, 2.45) is 0 Å². The number of amides is 1. The number of morpholine rings is 1. The first-order valence-corrected chi connectivity index (χ1v) is 10.8. The number of H-pyrrole nitrogens is 1. The van der Waals surface area contributed by atoms with Gasteiger partial charge in [-0.25, -0.2) is 15.0 Å². The Balaban J connectivity index is 1.49. The molecule has 0 atom stereocenters. The minimum atomic E-state index is -0.158. The highest BCUT2D eigenvalue weighted by Crippen LogP contribution is 2.34. The maximum Gasteiger partial charge on any atom is 0.252 e. The third-order valence-corrected chi connectivity index (χ3v) is 5.85. The number of hydrogen-bond donors (Lipinski definition) is 2. The summed E-state index contributed by atoms with van der Waals surface area (Å²) < 4.78 is 5.51. The van der Waals surface area contributed by atoms with Gasteiger partial charge in [-0.3, -0.25) is 14.9 Å². The van der Waals surface area contributed by atoms with Gasteiger partial charge in [0.2, 0.25) is 0 Å². The number of nitrogens with one attached hydrogen (secondary N) is 2. The first kappa shape index (κ1) is 19.5. The number of fused-ring (bicyclic) bond motifs is 1. The third-order valence-electron chi connectivity index (χ3n) is 4.98. The van der Waals surface area contributed by atoms with Gasteiger partial charge in [0.15, 0.2) is 5.82 Å². The molecule has 1 aliphatic rings. The van der Waals surface area contributed by atoms with Gasteiger partial charge in [-0.2, -0.15) is 5.10 Å². The first-order valence-electron chi connectivity index (χ1n) is 9.95. The highest BCUT2D eigenvalue weighted by Gasteiger charge is 2.24. The molecule has 5 heterocycles. The van der Waals surface area contributed by atoms with Crippen LogP contribution in [0.25, 0.3) is 21.7 Å². The summed E-state index contributed by atoms with van der Waals surface area (Å²) in [7, 11) is 0. The molecule has 1 amide bonds. The number of aromatic nitrogens is 6. The Morgan fingerprint density at radius 2 is 2.13 bits per heavy atom. The second-order valence-electron chi connectivity index (χ2n) is 6.95. The lowest BCUT2D eigenvalue weighted by Crippen LogP contribution is -2.37. The van der Waals surface area contributed by atoms with E-state index in [1.54, 1.807) is 6.20 Å². The molecule has 0 spiro atoms. The Bertz CT molecular complexity index is 1170. The van der Waals surface area contributed by atoms with Crippen LogP contribution in [0.2, 0.25) is 0 Å². The summed E-state index contributed by atoms with van der Waals surface area (Å²) in [5, 5.41) is 12.2. The van der Waals surface area contributed by atoms with Crippen LogP contribution in [0.3, 0.4) is 0 Å². The highest BCUT2D eigenvalue weighted by atomic mass is 32.1. The lowest BCUT2D eigenvalue weighted by Gasteiger charge is -2.28. The van der Waals surface area contributed by atoms with Crippen molar-refractivity contribution in [1.82, 2.24) is 35.5 Å². The molecule has 5 rings (SSSR count). The summed E-state index contributed by atoms with van der Waals surface area (Å²) in [4.78, 5) is 33.9. The molecule has 2 N–H and O–H groups in total. The number of rotatable bonds is 6. The molecule has 1 fully saturated rings. The number of hydrogen-bond acceptors (Lipinski definition) is 9. The predicted octanol–water partition coefficient (Wildman–Crippen LogP) is 1.68. The average molecular weight is 437 g/mol. The SMILES string of the molecule is O=C(NCCc1ncn[nH]1)c1csc2nc(-c3ccccn3)nc(N3CCOCC3)c12. The maximum atomic E-state index is 13.0. The number of carbonyl (C=O) groups is 1. The van der Waals surface area contributed by atoms with E-state index in [0.29, 0.717) is 56.4 Å². The van der Waals surface area contributed by atoms with Crippen molar-refractivity contribution in [3.8, 4) is 11.5 Å². The van der Waals surface area contributed by atoms with Crippen molar-refractivity contribution in [2.75, 3.05) is 37.7 Å². The maximum absolute atomic E-state index is 13.0. The number of anilines is 1. The fraction of sp³-hybridized carbons (Fsp3) is 0.300. The van der Waals surface area contributed by atoms with E-state index in [1.807, 2.05) is 23.6 Å². The van der Waals surface area contributed by atoms with Crippen LogP contribution in [-0.2, 0) is 11.2 Å². The number of nitrogens with zero attached hydrogens (tertiary/aromatic N) is 6. The molecule has 158 valence electrons. The van der Waals surface area contributed by atoms with Crippen molar-refractivity contribution < 1.29 is 9.53 Å². The van der Waals surface area contributed by atoms with E-state index in [1.165, 1.54) is 17.7 Å². The van der Waals surface area contributed by atoms with E-state index in [2.05, 4.69) is 30.4 Å². The summed E-state index contributed by atoms with van der Waals surface area (Å²) in [6.07, 6.45) is 3.75. The molecule has 0 bridgehead atoms. The topological polar surface area (TPSA) is 122 Å². The molecule has 11 heteroatoms. The van der Waals surface area contributed by atoms with Gasteiger partial charge in [-0.15, -0.1) is 11.3 Å². The molecule has 0 unspecified atom stereocenters. The number of pyridine rings is 1. The van der Waals surface area contributed by atoms with Gasteiger partial charge in [-0.05, 0) is 12.1 Å². The lowest BCUT2D eigenvalue weighted by atomic mass is 10.2. The second-order valence-corrected chi connectivity index (χ2v) is 7.81. The van der Waals surface area contributed by atoms with Crippen LogP contribution in [0.5, 0.6) is 0 Å². The minimum absolute atomic E-state index is 0.158. The van der Waals surface area contributed by atoms with Crippen LogP contribution >= 0.6 is 11.3 Å². The van der Waals surface area contributed by atoms with Crippen molar-refractivity contribution in [1.29, 1.82) is 0 Å². The summed E-state index contributed by atoms with van der Waals surface area (Å²) in [6, 6.07) is 5.65. The number of aromatic amines is 1. The van der Waals surface area contributed by atoms with Gasteiger partial charge >= 0.3 is 0 Å². The average Bonchev–Trinajstić information content (AvgIpc) is 3.49. The molecule has 1 aliphatic heterocycles. The Kier molecular flexibility index (Phi) is 5.50. The zero-order valence-electron chi connectivity index (χ0n) is 16.6. The van der Waals surface area contributed by atoms with E-state index in [9.17, 15) is 4.79 Å². The van der Waals surface area contributed by atoms with Crippen molar-refractivity contribution in [3.63, 3.8) is 0 Å².